The third-order valence-electron chi connectivity index (χ3n) is 7.52. The normalized spacial score (nSPS) is 15.6. The number of hydrogen-bond donors (Lipinski definition) is 1. The summed E-state index contributed by atoms with van der Waals surface area (Å²) < 4.78 is 17.6. The van der Waals surface area contributed by atoms with Crippen molar-refractivity contribution >= 4 is 33.9 Å². The molecule has 232 valence electrons. The maximum absolute atomic E-state index is 13.6. The summed E-state index contributed by atoms with van der Waals surface area (Å²) in [6.45, 7) is 4.49. The minimum Gasteiger partial charge on any atom is -0.507 e. The van der Waals surface area contributed by atoms with E-state index >= 15 is 0 Å². The molecule has 0 spiro atoms. The van der Waals surface area contributed by atoms with Crippen molar-refractivity contribution in [2.45, 2.75) is 33.1 Å². The van der Waals surface area contributed by atoms with Gasteiger partial charge in [0.05, 0.1) is 18.7 Å². The molecule has 2 heterocycles. The lowest BCUT2D eigenvalue weighted by molar-refractivity contribution is -0.132. The molecule has 9 nitrogen and oxygen atoms in total. The molecule has 1 saturated heterocycles. The smallest absolute Gasteiger partial charge is 0.301 e. The minimum absolute atomic E-state index is 0.0775. The molecule has 6 rings (SSSR count). The van der Waals surface area contributed by atoms with Gasteiger partial charge in [-0.15, -0.1) is 10.2 Å². The molecule has 0 bridgehead atoms. The van der Waals surface area contributed by atoms with Gasteiger partial charge in [0.2, 0.25) is 5.13 Å². The van der Waals surface area contributed by atoms with E-state index in [4.69, 9.17) is 14.2 Å². The standard InChI is InChI=1S/C36H31N3O6S/c1-22-8-7-11-25(18-22)21-44-28-15-12-26(13-16-28)33(40)31-32(39(35(42)34(31)41)36-38-37-23(2)46-36)27-14-17-29(30(19-27)43-3)45-20-24-9-5-4-6-10-24/h4-19,32,40H,20-21H2,1-3H3. The number of benzene rings is 4. The molecule has 1 aliphatic rings. The molecular weight excluding hydrogens is 602 g/mol. The molecule has 1 aromatic heterocycles. The maximum Gasteiger partial charge on any atom is 0.301 e. The SMILES string of the molecule is COc1cc(C2C(=C(O)c3ccc(OCc4cccc(C)c4)cc3)C(=O)C(=O)N2c2nnc(C)s2)ccc1OCc1ccccc1. The Morgan fingerprint density at radius 2 is 1.57 bits per heavy atom. The van der Waals surface area contributed by atoms with Crippen molar-refractivity contribution in [1.29, 1.82) is 0 Å². The highest BCUT2D eigenvalue weighted by atomic mass is 32.1. The number of methoxy groups -OCH3 is 1. The van der Waals surface area contributed by atoms with Gasteiger partial charge in [-0.25, -0.2) is 0 Å². The molecule has 0 radical (unpaired) electrons. The molecular formula is C36H31N3O6S. The lowest BCUT2D eigenvalue weighted by atomic mass is 9.95. The maximum atomic E-state index is 13.6. The van der Waals surface area contributed by atoms with Crippen molar-refractivity contribution in [3.05, 3.63) is 135 Å². The van der Waals surface area contributed by atoms with Gasteiger partial charge in [-0.2, -0.15) is 0 Å². The molecule has 46 heavy (non-hydrogen) atoms. The van der Waals surface area contributed by atoms with Crippen LogP contribution in [0.5, 0.6) is 17.2 Å². The number of aliphatic hydroxyl groups is 1. The summed E-state index contributed by atoms with van der Waals surface area (Å²) in [6.07, 6.45) is 0. The molecule has 1 atom stereocenters. The summed E-state index contributed by atoms with van der Waals surface area (Å²) in [7, 11) is 1.52. The summed E-state index contributed by atoms with van der Waals surface area (Å²) in [5.74, 6) is -0.485. The third kappa shape index (κ3) is 6.33. The number of nitrogens with zero attached hydrogens (tertiary/aromatic N) is 3. The van der Waals surface area contributed by atoms with Crippen molar-refractivity contribution in [2.75, 3.05) is 12.0 Å². The Balaban J connectivity index is 1.34. The van der Waals surface area contributed by atoms with Gasteiger partial charge in [0.25, 0.3) is 5.78 Å². The number of rotatable bonds is 10. The van der Waals surface area contributed by atoms with Gasteiger partial charge in [-0.3, -0.25) is 14.5 Å². The predicted molar refractivity (Wildman–Crippen MR) is 175 cm³/mol. The van der Waals surface area contributed by atoms with E-state index in [9.17, 15) is 14.7 Å². The van der Waals surface area contributed by atoms with E-state index in [1.54, 1.807) is 49.4 Å². The summed E-state index contributed by atoms with van der Waals surface area (Å²) in [6, 6.07) is 28.7. The van der Waals surface area contributed by atoms with E-state index in [2.05, 4.69) is 16.3 Å². The Hall–Kier alpha value is -5.48. The van der Waals surface area contributed by atoms with Crippen LogP contribution in [0.4, 0.5) is 5.13 Å². The number of ether oxygens (including phenoxy) is 3. The van der Waals surface area contributed by atoms with Crippen LogP contribution in [0, 0.1) is 13.8 Å². The van der Waals surface area contributed by atoms with E-state index in [1.165, 1.54) is 23.3 Å². The van der Waals surface area contributed by atoms with Crippen LogP contribution < -0.4 is 19.1 Å². The number of carbonyl (C=O) groups is 2. The third-order valence-corrected chi connectivity index (χ3v) is 8.36. The highest BCUT2D eigenvalue weighted by Crippen LogP contribution is 2.45. The number of Topliss-reactive ketones (excluding diaryl/α,β-unsaturated/α-hetero) is 1. The molecule has 0 aliphatic carbocycles. The average molecular weight is 634 g/mol. The van der Waals surface area contributed by atoms with E-state index in [0.717, 1.165) is 16.7 Å². The fraction of sp³-hybridized carbons (Fsp3) is 0.167. The lowest BCUT2D eigenvalue weighted by Crippen LogP contribution is -2.29. The molecule has 10 heteroatoms. The van der Waals surface area contributed by atoms with Gasteiger partial charge in [0, 0.05) is 5.56 Å². The number of aryl methyl sites for hydroxylation is 2. The monoisotopic (exact) mass is 633 g/mol. The van der Waals surface area contributed by atoms with Crippen LogP contribution in [0.15, 0.2) is 103 Å². The van der Waals surface area contributed by atoms with Gasteiger partial charge in [-0.1, -0.05) is 77.6 Å². The molecule has 1 fully saturated rings. The molecule has 5 aromatic rings. The van der Waals surface area contributed by atoms with Crippen LogP contribution in [0.2, 0.25) is 0 Å². The fourth-order valence-electron chi connectivity index (χ4n) is 5.27. The van der Waals surface area contributed by atoms with Crippen molar-refractivity contribution in [3.63, 3.8) is 0 Å². The Labute approximate surface area is 270 Å². The zero-order valence-electron chi connectivity index (χ0n) is 25.5. The summed E-state index contributed by atoms with van der Waals surface area (Å²) in [5.41, 5.74) is 3.96. The van der Waals surface area contributed by atoms with Crippen LogP contribution in [0.25, 0.3) is 5.76 Å². The van der Waals surface area contributed by atoms with Gasteiger partial charge in [0.1, 0.15) is 29.7 Å². The zero-order chi connectivity index (χ0) is 32.2. The number of aromatic nitrogens is 2. The summed E-state index contributed by atoms with van der Waals surface area (Å²) in [4.78, 5) is 28.4. The predicted octanol–water partition coefficient (Wildman–Crippen LogP) is 6.95. The Morgan fingerprint density at radius 3 is 2.26 bits per heavy atom. The highest BCUT2D eigenvalue weighted by molar-refractivity contribution is 7.15. The molecule has 1 aliphatic heterocycles. The number of hydrogen-bond acceptors (Lipinski definition) is 9. The number of ketones is 1. The van der Waals surface area contributed by atoms with Crippen LogP contribution in [0.3, 0.4) is 0 Å². The first kappa shape index (κ1) is 30.5. The van der Waals surface area contributed by atoms with Gasteiger partial charge in [0.15, 0.2) is 11.5 Å². The highest BCUT2D eigenvalue weighted by Gasteiger charge is 2.48. The van der Waals surface area contributed by atoms with Gasteiger partial charge < -0.3 is 19.3 Å². The number of carbonyl (C=O) groups excluding carboxylic acids is 2. The fourth-order valence-corrected chi connectivity index (χ4v) is 5.98. The minimum atomic E-state index is -0.998. The van der Waals surface area contributed by atoms with E-state index < -0.39 is 17.7 Å². The topological polar surface area (TPSA) is 111 Å². The van der Waals surface area contributed by atoms with Crippen molar-refractivity contribution < 1.29 is 28.9 Å². The largest absolute Gasteiger partial charge is 0.507 e. The summed E-state index contributed by atoms with van der Waals surface area (Å²) >= 11 is 1.18. The van der Waals surface area contributed by atoms with E-state index in [1.807, 2.05) is 55.5 Å². The number of anilines is 1. The molecule has 1 unspecified atom stereocenters. The Kier molecular flexibility index (Phi) is 8.80. The average Bonchev–Trinajstić information content (AvgIpc) is 3.62. The second-order valence-electron chi connectivity index (χ2n) is 10.8. The van der Waals surface area contributed by atoms with Gasteiger partial charge in [-0.05, 0) is 66.9 Å². The summed E-state index contributed by atoms with van der Waals surface area (Å²) in [5, 5.41) is 20.7. The molecule has 1 amide bonds. The van der Waals surface area contributed by atoms with Crippen molar-refractivity contribution in [2.24, 2.45) is 0 Å². The Morgan fingerprint density at radius 1 is 0.826 bits per heavy atom. The first-order valence-electron chi connectivity index (χ1n) is 14.6. The van der Waals surface area contributed by atoms with Crippen molar-refractivity contribution in [1.82, 2.24) is 10.2 Å². The molecule has 1 N–H and O–H groups in total. The zero-order valence-corrected chi connectivity index (χ0v) is 26.3. The van der Waals surface area contributed by atoms with Crippen LogP contribution >= 0.6 is 11.3 Å². The number of amides is 1. The first-order valence-corrected chi connectivity index (χ1v) is 15.4. The van der Waals surface area contributed by atoms with E-state index in [0.29, 0.717) is 46.6 Å². The Bertz CT molecular complexity index is 1920. The molecule has 0 saturated carbocycles. The van der Waals surface area contributed by atoms with Crippen LogP contribution in [0.1, 0.15) is 38.9 Å². The van der Waals surface area contributed by atoms with Crippen molar-refractivity contribution in [3.8, 4) is 17.2 Å². The second-order valence-corrected chi connectivity index (χ2v) is 11.9. The number of aliphatic hydroxyl groups excluding tert-OH is 1. The van der Waals surface area contributed by atoms with Gasteiger partial charge >= 0.3 is 5.91 Å². The first-order chi connectivity index (χ1) is 22.3. The molecule has 4 aromatic carbocycles. The van der Waals surface area contributed by atoms with E-state index in [-0.39, 0.29) is 16.5 Å². The van der Waals surface area contributed by atoms with Crippen LogP contribution in [-0.4, -0.2) is 34.1 Å². The second kappa shape index (κ2) is 13.3. The quantitative estimate of drug-likeness (QED) is 0.1000. The van der Waals surface area contributed by atoms with Crippen LogP contribution in [-0.2, 0) is 22.8 Å². The lowest BCUT2D eigenvalue weighted by Gasteiger charge is -2.23.